The fraction of sp³-hybridized carbons (Fsp3) is 0.348. The third-order valence-corrected chi connectivity index (χ3v) is 6.82. The van der Waals surface area contributed by atoms with Crippen molar-refractivity contribution in [2.45, 2.75) is 23.6 Å². The highest BCUT2D eigenvalue weighted by Crippen LogP contribution is 2.48. The predicted molar refractivity (Wildman–Crippen MR) is 117 cm³/mol. The van der Waals surface area contributed by atoms with Crippen LogP contribution >= 0.6 is 0 Å². The molecular formula is C23H19F7N2O4S. The number of hydroxylamine groups is 1. The number of hydrogen-bond donors (Lipinski definition) is 1. The normalized spacial score (nSPS) is 21.7. The molecule has 2 heterocycles. The summed E-state index contributed by atoms with van der Waals surface area (Å²) in [6, 6.07) is 7.87. The van der Waals surface area contributed by atoms with Crippen molar-refractivity contribution in [3.8, 4) is 0 Å². The summed E-state index contributed by atoms with van der Waals surface area (Å²) in [6.07, 6.45) is -8.52. The number of halogens is 7. The Morgan fingerprint density at radius 3 is 2.19 bits per heavy atom. The number of nitrogens with zero attached hydrogens (tertiary/aromatic N) is 1. The number of amides is 1. The van der Waals surface area contributed by atoms with Gasteiger partial charge in [0.2, 0.25) is 11.5 Å². The van der Waals surface area contributed by atoms with E-state index in [9.17, 15) is 39.6 Å². The maximum Gasteiger partial charge on any atom is 0.428 e. The fourth-order valence-electron chi connectivity index (χ4n) is 4.09. The van der Waals surface area contributed by atoms with Crippen LogP contribution in [-0.2, 0) is 36.9 Å². The number of carbonyl (C=O) groups is 1. The summed E-state index contributed by atoms with van der Waals surface area (Å²) in [6.45, 7) is -0.783. The second-order valence-electron chi connectivity index (χ2n) is 8.94. The molecule has 1 N–H and O–H groups in total. The lowest BCUT2D eigenvalue weighted by molar-refractivity contribution is -0.269. The number of sulfone groups is 1. The molecule has 2 aliphatic heterocycles. The Labute approximate surface area is 206 Å². The molecule has 4 rings (SSSR count). The Morgan fingerprint density at radius 1 is 1.03 bits per heavy atom. The molecule has 1 unspecified atom stereocenters. The second-order valence-corrected chi connectivity index (χ2v) is 11.1. The summed E-state index contributed by atoms with van der Waals surface area (Å²) in [7, 11) is -3.59. The Hall–Kier alpha value is -3.13. The zero-order valence-corrected chi connectivity index (χ0v) is 19.8. The van der Waals surface area contributed by atoms with E-state index in [4.69, 9.17) is 4.84 Å². The molecule has 37 heavy (non-hydrogen) atoms. The molecule has 2 aliphatic rings. The summed E-state index contributed by atoms with van der Waals surface area (Å²) in [4.78, 5) is 17.8. The molecule has 6 nitrogen and oxygen atoms in total. The molecule has 0 saturated carbocycles. The van der Waals surface area contributed by atoms with E-state index in [1.807, 2.05) is 0 Å². The van der Waals surface area contributed by atoms with Gasteiger partial charge in [-0.25, -0.2) is 12.8 Å². The van der Waals surface area contributed by atoms with Gasteiger partial charge in [0.15, 0.2) is 15.5 Å². The highest BCUT2D eigenvalue weighted by molar-refractivity contribution is 7.91. The first-order valence-corrected chi connectivity index (χ1v) is 12.7. The molecule has 0 aromatic heterocycles. The van der Waals surface area contributed by atoms with Crippen molar-refractivity contribution in [3.63, 3.8) is 0 Å². The highest BCUT2D eigenvalue weighted by atomic mass is 32.2. The summed E-state index contributed by atoms with van der Waals surface area (Å²) in [5.41, 5.74) is -5.10. The van der Waals surface area contributed by atoms with Crippen molar-refractivity contribution in [2.75, 3.05) is 25.1 Å². The first-order valence-electron chi connectivity index (χ1n) is 10.6. The molecule has 1 saturated heterocycles. The number of benzene rings is 2. The monoisotopic (exact) mass is 552 g/mol. The van der Waals surface area contributed by atoms with Crippen LogP contribution in [0.2, 0.25) is 0 Å². The zero-order chi connectivity index (χ0) is 27.4. The fourth-order valence-corrected chi connectivity index (χ4v) is 4.72. The minimum atomic E-state index is -5.14. The van der Waals surface area contributed by atoms with Gasteiger partial charge in [-0.3, -0.25) is 15.1 Å². The molecule has 0 radical (unpaired) electrons. The Balaban J connectivity index is 1.58. The van der Waals surface area contributed by atoms with Crippen LogP contribution in [0.15, 0.2) is 54.6 Å². The van der Waals surface area contributed by atoms with E-state index in [1.165, 1.54) is 24.3 Å². The molecule has 0 aliphatic carbocycles. The third-order valence-electron chi connectivity index (χ3n) is 6.04. The van der Waals surface area contributed by atoms with E-state index in [0.717, 1.165) is 23.3 Å². The van der Waals surface area contributed by atoms with Gasteiger partial charge in [-0.15, -0.1) is 0 Å². The summed E-state index contributed by atoms with van der Waals surface area (Å²) >= 11 is 0. The van der Waals surface area contributed by atoms with Crippen LogP contribution in [0.4, 0.5) is 30.7 Å². The van der Waals surface area contributed by atoms with Crippen molar-refractivity contribution >= 4 is 21.4 Å². The summed E-state index contributed by atoms with van der Waals surface area (Å²) in [5, 5.41) is 0. The standard InChI is InChI=1S/C23H19F7N2O4S/c1-37(34,35)11-19(33)32-12-20(24,13-32)15-7-5-14(6-8-15)18-10-21(36-31-18,23(28,29)30)16-3-2-4-17(9-16)22(25,26)27/h2-10,31H,11-13H2,1H3. The molecule has 0 bridgehead atoms. The number of rotatable bonds is 5. The number of alkyl halides is 7. The van der Waals surface area contributed by atoms with Gasteiger partial charge < -0.3 is 4.90 Å². The van der Waals surface area contributed by atoms with Crippen LogP contribution in [0, 0.1) is 0 Å². The molecule has 14 heteroatoms. The lowest BCUT2D eigenvalue weighted by Crippen LogP contribution is -2.59. The molecule has 1 atom stereocenters. The SMILES string of the molecule is CS(=O)(=O)CC(=O)N1CC(F)(c2ccc(C3=CC(c4cccc(C(F)(F)F)c4)(C(F)(F)F)ON3)cc2)C1. The lowest BCUT2D eigenvalue weighted by atomic mass is 9.87. The lowest BCUT2D eigenvalue weighted by Gasteiger charge is -2.44. The molecule has 2 aromatic carbocycles. The van der Waals surface area contributed by atoms with Crippen molar-refractivity contribution in [2.24, 2.45) is 0 Å². The minimum absolute atomic E-state index is 0.110. The average molecular weight is 552 g/mol. The van der Waals surface area contributed by atoms with E-state index in [0.29, 0.717) is 18.2 Å². The van der Waals surface area contributed by atoms with Gasteiger partial charge in [0, 0.05) is 11.8 Å². The Bertz CT molecular complexity index is 1350. The van der Waals surface area contributed by atoms with Crippen LogP contribution in [-0.4, -0.2) is 50.5 Å². The van der Waals surface area contributed by atoms with Crippen LogP contribution in [0.5, 0.6) is 0 Å². The van der Waals surface area contributed by atoms with Crippen LogP contribution < -0.4 is 5.48 Å². The molecule has 2 aromatic rings. The second kappa shape index (κ2) is 8.72. The minimum Gasteiger partial charge on any atom is -0.335 e. The van der Waals surface area contributed by atoms with Crippen LogP contribution in [0.25, 0.3) is 5.70 Å². The summed E-state index contributed by atoms with van der Waals surface area (Å²) in [5.74, 6) is -1.50. The Morgan fingerprint density at radius 2 is 1.65 bits per heavy atom. The Kier molecular flexibility index (Phi) is 6.35. The first-order chi connectivity index (χ1) is 16.9. The van der Waals surface area contributed by atoms with Crippen molar-refractivity contribution < 1.29 is 48.8 Å². The maximum atomic E-state index is 15.2. The van der Waals surface area contributed by atoms with E-state index in [2.05, 4.69) is 5.48 Å². The maximum absolute atomic E-state index is 15.2. The van der Waals surface area contributed by atoms with Crippen LogP contribution in [0.1, 0.15) is 22.3 Å². The largest absolute Gasteiger partial charge is 0.428 e. The average Bonchev–Trinajstić information content (AvgIpc) is 3.22. The smallest absolute Gasteiger partial charge is 0.335 e. The van der Waals surface area contributed by atoms with Crippen LogP contribution in [0.3, 0.4) is 0 Å². The van der Waals surface area contributed by atoms with Gasteiger partial charge in [-0.2, -0.15) is 26.3 Å². The van der Waals surface area contributed by atoms with E-state index in [-0.39, 0.29) is 16.8 Å². The first kappa shape index (κ1) is 26.9. The van der Waals surface area contributed by atoms with Gasteiger partial charge in [0.1, 0.15) is 5.75 Å². The van der Waals surface area contributed by atoms with Crippen molar-refractivity contribution in [3.05, 3.63) is 76.9 Å². The van der Waals surface area contributed by atoms with Gasteiger partial charge in [-0.1, -0.05) is 36.4 Å². The van der Waals surface area contributed by atoms with Crippen molar-refractivity contribution in [1.29, 1.82) is 0 Å². The van der Waals surface area contributed by atoms with Gasteiger partial charge in [0.05, 0.1) is 24.4 Å². The summed E-state index contributed by atoms with van der Waals surface area (Å²) < 4.78 is 119. The zero-order valence-electron chi connectivity index (χ0n) is 19.0. The van der Waals surface area contributed by atoms with E-state index < -0.39 is 69.3 Å². The predicted octanol–water partition coefficient (Wildman–Crippen LogP) is 4.09. The van der Waals surface area contributed by atoms with E-state index in [1.54, 1.807) is 0 Å². The number of hydrogen-bond acceptors (Lipinski definition) is 5. The molecule has 200 valence electrons. The molecule has 0 spiro atoms. The van der Waals surface area contributed by atoms with Gasteiger partial charge >= 0.3 is 12.4 Å². The van der Waals surface area contributed by atoms with Gasteiger partial charge in [-0.05, 0) is 29.3 Å². The molecular weight excluding hydrogens is 533 g/mol. The van der Waals surface area contributed by atoms with Crippen molar-refractivity contribution in [1.82, 2.24) is 10.4 Å². The topological polar surface area (TPSA) is 75.7 Å². The quantitative estimate of drug-likeness (QED) is 0.566. The number of carbonyl (C=O) groups excluding carboxylic acids is 1. The van der Waals surface area contributed by atoms with E-state index >= 15 is 4.39 Å². The number of likely N-dealkylation sites (tertiary alicyclic amines) is 1. The number of nitrogens with one attached hydrogen (secondary N) is 1. The van der Waals surface area contributed by atoms with Gasteiger partial charge in [0.25, 0.3) is 0 Å². The molecule has 1 fully saturated rings. The third kappa shape index (κ3) is 5.17. The highest BCUT2D eigenvalue weighted by Gasteiger charge is 2.60. The molecule has 1 amide bonds.